The highest BCUT2D eigenvalue weighted by Gasteiger charge is 2.31. The molecule has 0 atom stereocenters. The number of aliphatic carboxylic acids is 1. The molecule has 1 amide bonds. The van der Waals surface area contributed by atoms with E-state index in [2.05, 4.69) is 0 Å². The van der Waals surface area contributed by atoms with Gasteiger partial charge in [0.1, 0.15) is 15.8 Å². The number of carbonyl (C=O) groups excluding carboxylic acids is 2. The second-order valence-electron chi connectivity index (χ2n) is 5.52. The standard InChI is InChI=1S/C18H14ClNO4S2/c19-12-4-1-3-11(9-12)14-7-6-13(24-14)10-15-17(23)20(18(25)26-15)8-2-5-16(21)22/h1,3-4,6-7,9-10H,2,5,8H2,(H,21,22)/p-1. The molecule has 0 spiro atoms. The monoisotopic (exact) mass is 406 g/mol. The molecule has 0 unspecified atom stereocenters. The van der Waals surface area contributed by atoms with E-state index in [-0.39, 0.29) is 18.9 Å². The first-order valence-electron chi connectivity index (χ1n) is 7.75. The summed E-state index contributed by atoms with van der Waals surface area (Å²) in [5.41, 5.74) is 0.840. The molecule has 1 aliphatic heterocycles. The number of amides is 1. The highest BCUT2D eigenvalue weighted by atomic mass is 35.5. The zero-order valence-electron chi connectivity index (χ0n) is 13.4. The average molecular weight is 407 g/mol. The van der Waals surface area contributed by atoms with Crippen molar-refractivity contribution in [2.24, 2.45) is 0 Å². The molecule has 0 N–H and O–H groups in total. The molecule has 0 saturated carbocycles. The molecule has 1 aromatic heterocycles. The molecule has 1 aliphatic rings. The van der Waals surface area contributed by atoms with Crippen LogP contribution in [0.5, 0.6) is 0 Å². The number of carbonyl (C=O) groups is 2. The lowest BCUT2D eigenvalue weighted by atomic mass is 10.2. The Hall–Kier alpha value is -2.09. The summed E-state index contributed by atoms with van der Waals surface area (Å²) in [6.07, 6.45) is 1.81. The van der Waals surface area contributed by atoms with Gasteiger partial charge in [-0.1, -0.05) is 47.7 Å². The van der Waals surface area contributed by atoms with Crippen molar-refractivity contribution < 1.29 is 19.1 Å². The minimum absolute atomic E-state index is 0.114. The molecule has 1 saturated heterocycles. The summed E-state index contributed by atoms with van der Waals surface area (Å²) in [5, 5.41) is 11.1. The number of carboxylic acid groups (broad SMARTS) is 1. The van der Waals surface area contributed by atoms with Gasteiger partial charge in [-0.05, 0) is 37.1 Å². The molecular weight excluding hydrogens is 394 g/mol. The van der Waals surface area contributed by atoms with Gasteiger partial charge in [0.15, 0.2) is 0 Å². The van der Waals surface area contributed by atoms with E-state index in [4.69, 9.17) is 28.2 Å². The predicted octanol–water partition coefficient (Wildman–Crippen LogP) is 3.33. The van der Waals surface area contributed by atoms with Crippen LogP contribution in [-0.4, -0.2) is 27.6 Å². The SMILES string of the molecule is O=C([O-])CCCN1C(=O)C(=Cc2ccc(-c3cccc(Cl)c3)o2)SC1=S. The fourth-order valence-corrected chi connectivity index (χ4v) is 3.91. The molecule has 1 fully saturated rings. The molecule has 134 valence electrons. The Morgan fingerprint density at radius 1 is 1.35 bits per heavy atom. The largest absolute Gasteiger partial charge is 0.550 e. The highest BCUT2D eigenvalue weighted by molar-refractivity contribution is 8.26. The number of benzene rings is 1. The summed E-state index contributed by atoms with van der Waals surface area (Å²) < 4.78 is 6.17. The van der Waals surface area contributed by atoms with Crippen LogP contribution in [-0.2, 0) is 9.59 Å². The number of rotatable bonds is 6. The van der Waals surface area contributed by atoms with Crippen molar-refractivity contribution in [2.75, 3.05) is 6.54 Å². The Balaban J connectivity index is 1.73. The second-order valence-corrected chi connectivity index (χ2v) is 7.63. The molecular formula is C18H13ClNO4S2-. The number of hydrogen-bond donors (Lipinski definition) is 0. The van der Waals surface area contributed by atoms with Crippen LogP contribution in [0.2, 0.25) is 5.02 Å². The molecule has 0 aliphatic carbocycles. The number of thiocarbonyl (C=S) groups is 1. The average Bonchev–Trinajstić information content (AvgIpc) is 3.15. The molecule has 1 aromatic carbocycles. The number of nitrogens with zero attached hydrogens (tertiary/aromatic N) is 1. The Labute approximate surface area is 164 Å². The van der Waals surface area contributed by atoms with Crippen LogP contribution in [0.4, 0.5) is 0 Å². The number of halogens is 1. The number of carboxylic acids is 1. The molecule has 0 radical (unpaired) electrons. The third-order valence-corrected chi connectivity index (χ3v) is 5.26. The van der Waals surface area contributed by atoms with E-state index in [0.29, 0.717) is 32.2 Å². The zero-order chi connectivity index (χ0) is 18.7. The Morgan fingerprint density at radius 3 is 2.88 bits per heavy atom. The summed E-state index contributed by atoms with van der Waals surface area (Å²) in [7, 11) is 0. The number of furan rings is 1. The van der Waals surface area contributed by atoms with Crippen molar-refractivity contribution in [1.82, 2.24) is 4.90 Å². The van der Waals surface area contributed by atoms with Gasteiger partial charge in [-0.15, -0.1) is 0 Å². The molecule has 2 aromatic rings. The summed E-state index contributed by atoms with van der Waals surface area (Å²) in [6, 6.07) is 10.8. The van der Waals surface area contributed by atoms with E-state index in [9.17, 15) is 14.7 Å². The summed E-state index contributed by atoms with van der Waals surface area (Å²) >= 11 is 12.4. The fraction of sp³-hybridized carbons (Fsp3) is 0.167. The second kappa shape index (κ2) is 8.07. The van der Waals surface area contributed by atoms with Crippen molar-refractivity contribution in [3.63, 3.8) is 0 Å². The molecule has 3 rings (SSSR count). The van der Waals surface area contributed by atoms with Crippen molar-refractivity contribution in [1.29, 1.82) is 0 Å². The van der Waals surface area contributed by atoms with Crippen molar-refractivity contribution in [3.05, 3.63) is 52.1 Å². The van der Waals surface area contributed by atoms with E-state index < -0.39 is 5.97 Å². The van der Waals surface area contributed by atoms with Gasteiger partial charge >= 0.3 is 0 Å². The first kappa shape index (κ1) is 18.7. The van der Waals surface area contributed by atoms with Gasteiger partial charge in [0.25, 0.3) is 5.91 Å². The fourth-order valence-electron chi connectivity index (χ4n) is 2.43. The van der Waals surface area contributed by atoms with E-state index >= 15 is 0 Å². The maximum atomic E-state index is 12.4. The van der Waals surface area contributed by atoms with Gasteiger partial charge < -0.3 is 14.3 Å². The van der Waals surface area contributed by atoms with Crippen molar-refractivity contribution in [2.45, 2.75) is 12.8 Å². The lowest BCUT2D eigenvalue weighted by molar-refractivity contribution is -0.305. The maximum absolute atomic E-state index is 12.4. The summed E-state index contributed by atoms with van der Waals surface area (Å²) in [4.78, 5) is 24.8. The first-order valence-corrected chi connectivity index (χ1v) is 9.35. The maximum Gasteiger partial charge on any atom is 0.266 e. The topological polar surface area (TPSA) is 73.6 Å². The van der Waals surface area contributed by atoms with Gasteiger partial charge in [-0.2, -0.15) is 0 Å². The van der Waals surface area contributed by atoms with Gasteiger partial charge in [0.2, 0.25) is 0 Å². The van der Waals surface area contributed by atoms with E-state index in [1.165, 1.54) is 16.7 Å². The number of hydrogen-bond acceptors (Lipinski definition) is 6. The third-order valence-electron chi connectivity index (χ3n) is 3.65. The van der Waals surface area contributed by atoms with Gasteiger partial charge in [0.05, 0.1) is 4.91 Å². The first-order chi connectivity index (χ1) is 12.4. The predicted molar refractivity (Wildman–Crippen MR) is 103 cm³/mol. The van der Waals surface area contributed by atoms with Crippen LogP contribution in [0.25, 0.3) is 17.4 Å². The summed E-state index contributed by atoms with van der Waals surface area (Å²) in [6.45, 7) is 0.252. The smallest absolute Gasteiger partial charge is 0.266 e. The normalized spacial score (nSPS) is 15.9. The van der Waals surface area contributed by atoms with Crippen LogP contribution in [0.1, 0.15) is 18.6 Å². The van der Waals surface area contributed by atoms with E-state index in [0.717, 1.165) is 5.56 Å². The minimum Gasteiger partial charge on any atom is -0.550 e. The highest BCUT2D eigenvalue weighted by Crippen LogP contribution is 2.34. The van der Waals surface area contributed by atoms with Gasteiger partial charge in [-0.25, -0.2) is 0 Å². The van der Waals surface area contributed by atoms with Crippen LogP contribution >= 0.6 is 35.6 Å². The lowest BCUT2D eigenvalue weighted by Gasteiger charge is -2.14. The number of thioether (sulfide) groups is 1. The molecule has 8 heteroatoms. The van der Waals surface area contributed by atoms with Crippen LogP contribution in [0.3, 0.4) is 0 Å². The van der Waals surface area contributed by atoms with E-state index in [1.54, 1.807) is 30.3 Å². The summed E-state index contributed by atoms with van der Waals surface area (Å²) in [5.74, 6) is -0.229. The third kappa shape index (κ3) is 4.35. The molecule has 5 nitrogen and oxygen atoms in total. The lowest BCUT2D eigenvalue weighted by Crippen LogP contribution is -2.30. The zero-order valence-corrected chi connectivity index (χ0v) is 15.8. The van der Waals surface area contributed by atoms with Crippen molar-refractivity contribution >= 4 is 57.9 Å². The molecule has 26 heavy (non-hydrogen) atoms. The molecule has 0 bridgehead atoms. The van der Waals surface area contributed by atoms with Gasteiger partial charge in [0, 0.05) is 29.2 Å². The Bertz CT molecular complexity index is 906. The quantitative estimate of drug-likeness (QED) is 0.541. The van der Waals surface area contributed by atoms with Crippen LogP contribution in [0.15, 0.2) is 45.7 Å². The Kier molecular flexibility index (Phi) is 5.80. The van der Waals surface area contributed by atoms with Gasteiger partial charge in [-0.3, -0.25) is 9.69 Å². The Morgan fingerprint density at radius 2 is 2.15 bits per heavy atom. The minimum atomic E-state index is -1.14. The van der Waals surface area contributed by atoms with Crippen LogP contribution < -0.4 is 5.11 Å². The van der Waals surface area contributed by atoms with Crippen LogP contribution in [0, 0.1) is 0 Å². The molecule has 2 heterocycles. The van der Waals surface area contributed by atoms with Crippen molar-refractivity contribution in [3.8, 4) is 11.3 Å². The van der Waals surface area contributed by atoms with E-state index in [1.807, 2.05) is 12.1 Å².